The lowest BCUT2D eigenvalue weighted by atomic mass is 10.2. The lowest BCUT2D eigenvalue weighted by molar-refractivity contribution is 0.0734. The number of para-hydroxylation sites is 1. The maximum absolute atomic E-state index is 11.9. The van der Waals surface area contributed by atoms with Gasteiger partial charge in [-0.3, -0.25) is 0 Å². The van der Waals surface area contributed by atoms with Crippen LogP contribution < -0.4 is 4.74 Å². The molecular weight excluding hydrogens is 348 g/mol. The van der Waals surface area contributed by atoms with Crippen LogP contribution >= 0.6 is 31.9 Å². The van der Waals surface area contributed by atoms with Gasteiger partial charge in [0, 0.05) is 8.95 Å². The van der Waals surface area contributed by atoms with E-state index in [-0.39, 0.29) is 5.97 Å². The van der Waals surface area contributed by atoms with Gasteiger partial charge < -0.3 is 4.74 Å². The van der Waals surface area contributed by atoms with Crippen LogP contribution in [-0.4, -0.2) is 5.97 Å². The summed E-state index contributed by atoms with van der Waals surface area (Å²) in [4.78, 5) is 11.9. The number of rotatable bonds is 2. The Bertz CT molecular complexity index is 518. The van der Waals surface area contributed by atoms with Gasteiger partial charge in [0.2, 0.25) is 0 Å². The Labute approximate surface area is 116 Å². The van der Waals surface area contributed by atoms with E-state index in [4.69, 9.17) is 4.74 Å². The minimum Gasteiger partial charge on any atom is -0.423 e. The number of hydrogen-bond acceptors (Lipinski definition) is 2. The van der Waals surface area contributed by atoms with Crippen LogP contribution in [-0.2, 0) is 0 Å². The topological polar surface area (TPSA) is 26.3 Å². The number of benzene rings is 2. The van der Waals surface area contributed by atoms with Crippen molar-refractivity contribution in [1.29, 1.82) is 0 Å². The fourth-order valence-corrected chi connectivity index (χ4v) is 2.62. The molecule has 0 aliphatic rings. The van der Waals surface area contributed by atoms with Gasteiger partial charge in [0.15, 0.2) is 0 Å². The third kappa shape index (κ3) is 3.41. The first-order valence-corrected chi connectivity index (χ1v) is 6.47. The molecule has 0 spiro atoms. The van der Waals surface area contributed by atoms with Crippen LogP contribution in [0.2, 0.25) is 0 Å². The van der Waals surface area contributed by atoms with Gasteiger partial charge in [0.1, 0.15) is 5.75 Å². The van der Waals surface area contributed by atoms with E-state index in [0.29, 0.717) is 11.3 Å². The molecule has 0 unspecified atom stereocenters. The van der Waals surface area contributed by atoms with Crippen LogP contribution in [0.15, 0.2) is 57.5 Å². The summed E-state index contributed by atoms with van der Waals surface area (Å²) in [5.41, 5.74) is 0.495. The summed E-state index contributed by atoms with van der Waals surface area (Å²) in [5, 5.41) is 0. The predicted molar refractivity (Wildman–Crippen MR) is 73.2 cm³/mol. The molecule has 0 heterocycles. The van der Waals surface area contributed by atoms with E-state index in [1.807, 2.05) is 24.3 Å². The number of carbonyl (C=O) groups excluding carboxylic acids is 1. The Morgan fingerprint density at radius 1 is 0.941 bits per heavy atom. The van der Waals surface area contributed by atoms with Crippen LogP contribution in [0.3, 0.4) is 0 Å². The maximum atomic E-state index is 11.9. The zero-order valence-electron chi connectivity index (χ0n) is 8.69. The van der Waals surface area contributed by atoms with Crippen molar-refractivity contribution < 1.29 is 9.53 Å². The quantitative estimate of drug-likeness (QED) is 0.588. The van der Waals surface area contributed by atoms with Crippen molar-refractivity contribution >= 4 is 37.8 Å². The predicted octanol–water partition coefficient (Wildman–Crippen LogP) is 4.43. The van der Waals surface area contributed by atoms with Gasteiger partial charge in [0.05, 0.1) is 5.56 Å². The second-order valence-electron chi connectivity index (χ2n) is 3.36. The molecule has 2 rings (SSSR count). The molecule has 0 saturated heterocycles. The summed E-state index contributed by atoms with van der Waals surface area (Å²) in [7, 11) is 0. The van der Waals surface area contributed by atoms with Crippen LogP contribution in [0.1, 0.15) is 10.4 Å². The lowest BCUT2D eigenvalue weighted by Gasteiger charge is -2.05. The highest BCUT2D eigenvalue weighted by molar-refractivity contribution is 9.11. The van der Waals surface area contributed by atoms with Crippen molar-refractivity contribution in [3.63, 3.8) is 0 Å². The first-order chi connectivity index (χ1) is 8.15. The van der Waals surface area contributed by atoms with Gasteiger partial charge >= 0.3 is 5.97 Å². The van der Waals surface area contributed by atoms with Crippen molar-refractivity contribution in [2.24, 2.45) is 0 Å². The van der Waals surface area contributed by atoms with E-state index in [0.717, 1.165) is 8.95 Å². The maximum Gasteiger partial charge on any atom is 0.343 e. The third-order valence-electron chi connectivity index (χ3n) is 2.05. The molecule has 0 fully saturated rings. The van der Waals surface area contributed by atoms with Gasteiger partial charge in [-0.15, -0.1) is 0 Å². The van der Waals surface area contributed by atoms with E-state index in [1.165, 1.54) is 0 Å². The standard InChI is InChI=1S/C13H8Br2O2/c14-10-6-9(7-11(15)8-10)13(16)17-12-4-2-1-3-5-12/h1-8H. The Hall–Kier alpha value is -1.13. The largest absolute Gasteiger partial charge is 0.423 e. The fourth-order valence-electron chi connectivity index (χ4n) is 1.33. The van der Waals surface area contributed by atoms with Crippen molar-refractivity contribution in [3.8, 4) is 5.75 Å². The molecule has 0 amide bonds. The highest BCUT2D eigenvalue weighted by Gasteiger charge is 2.09. The number of esters is 1. The Morgan fingerprint density at radius 2 is 1.53 bits per heavy atom. The minimum absolute atomic E-state index is 0.377. The van der Waals surface area contributed by atoms with Gasteiger partial charge in [-0.05, 0) is 30.3 Å². The molecule has 0 bridgehead atoms. The van der Waals surface area contributed by atoms with Gasteiger partial charge in [0.25, 0.3) is 0 Å². The zero-order valence-corrected chi connectivity index (χ0v) is 11.9. The highest BCUT2D eigenvalue weighted by Crippen LogP contribution is 2.21. The van der Waals surface area contributed by atoms with Crippen molar-refractivity contribution in [2.75, 3.05) is 0 Å². The monoisotopic (exact) mass is 354 g/mol. The molecule has 0 N–H and O–H groups in total. The summed E-state index contributed by atoms with van der Waals surface area (Å²) < 4.78 is 6.88. The number of hydrogen-bond donors (Lipinski definition) is 0. The smallest absolute Gasteiger partial charge is 0.343 e. The normalized spacial score (nSPS) is 10.0. The van der Waals surface area contributed by atoms with E-state index in [1.54, 1.807) is 24.3 Å². The molecule has 0 aliphatic heterocycles. The SMILES string of the molecule is O=C(Oc1ccccc1)c1cc(Br)cc(Br)c1. The van der Waals surface area contributed by atoms with E-state index in [2.05, 4.69) is 31.9 Å². The van der Waals surface area contributed by atoms with Crippen molar-refractivity contribution in [1.82, 2.24) is 0 Å². The molecule has 0 atom stereocenters. The molecule has 0 aromatic heterocycles. The van der Waals surface area contributed by atoms with Crippen LogP contribution in [0.5, 0.6) is 5.75 Å². The van der Waals surface area contributed by atoms with Gasteiger partial charge in [-0.1, -0.05) is 50.1 Å². The fraction of sp³-hybridized carbons (Fsp3) is 0. The van der Waals surface area contributed by atoms with Crippen LogP contribution in [0.25, 0.3) is 0 Å². The van der Waals surface area contributed by atoms with Crippen LogP contribution in [0.4, 0.5) is 0 Å². The second-order valence-corrected chi connectivity index (χ2v) is 5.19. The summed E-state index contributed by atoms with van der Waals surface area (Å²) >= 11 is 6.66. The molecule has 4 heteroatoms. The summed E-state index contributed by atoms with van der Waals surface area (Å²) in [6, 6.07) is 14.3. The van der Waals surface area contributed by atoms with E-state index >= 15 is 0 Å². The summed E-state index contributed by atoms with van der Waals surface area (Å²) in [5.74, 6) is 0.159. The number of halogens is 2. The first-order valence-electron chi connectivity index (χ1n) is 4.88. The van der Waals surface area contributed by atoms with E-state index in [9.17, 15) is 4.79 Å². The van der Waals surface area contributed by atoms with Crippen molar-refractivity contribution in [2.45, 2.75) is 0 Å². The average Bonchev–Trinajstić information content (AvgIpc) is 2.29. The molecule has 0 radical (unpaired) electrons. The zero-order chi connectivity index (χ0) is 12.3. The number of carbonyl (C=O) groups is 1. The van der Waals surface area contributed by atoms with Crippen molar-refractivity contribution in [3.05, 3.63) is 63.0 Å². The molecular formula is C13H8Br2O2. The molecule has 2 nitrogen and oxygen atoms in total. The molecule has 2 aromatic carbocycles. The van der Waals surface area contributed by atoms with Gasteiger partial charge in [-0.25, -0.2) is 4.79 Å². The summed E-state index contributed by atoms with van der Waals surface area (Å²) in [6.07, 6.45) is 0. The lowest BCUT2D eigenvalue weighted by Crippen LogP contribution is -2.08. The highest BCUT2D eigenvalue weighted by atomic mass is 79.9. The van der Waals surface area contributed by atoms with Crippen LogP contribution in [0, 0.1) is 0 Å². The third-order valence-corrected chi connectivity index (χ3v) is 2.97. The molecule has 0 saturated carbocycles. The molecule has 0 aliphatic carbocycles. The molecule has 2 aromatic rings. The number of ether oxygens (including phenoxy) is 1. The Morgan fingerprint density at radius 3 is 2.12 bits per heavy atom. The average molecular weight is 356 g/mol. The Balaban J connectivity index is 2.20. The first kappa shape index (κ1) is 12.3. The summed E-state index contributed by atoms with van der Waals surface area (Å²) in [6.45, 7) is 0. The van der Waals surface area contributed by atoms with E-state index < -0.39 is 0 Å². The molecule has 17 heavy (non-hydrogen) atoms. The minimum atomic E-state index is -0.377. The Kier molecular flexibility index (Phi) is 3.97. The second kappa shape index (κ2) is 5.47. The van der Waals surface area contributed by atoms with Gasteiger partial charge in [-0.2, -0.15) is 0 Å². The molecule has 86 valence electrons.